The quantitative estimate of drug-likeness (QED) is 0.426. The van der Waals surface area contributed by atoms with Gasteiger partial charge in [0.15, 0.2) is 0 Å². The topological polar surface area (TPSA) is 112 Å². The first-order chi connectivity index (χ1) is 18.4. The van der Waals surface area contributed by atoms with Crippen molar-refractivity contribution in [1.82, 2.24) is 13.4 Å². The zero-order valence-corrected chi connectivity index (χ0v) is 24.3. The molecule has 1 aliphatic carbocycles. The Hall–Kier alpha value is -3.47. The van der Waals surface area contributed by atoms with Crippen LogP contribution in [0.3, 0.4) is 0 Å². The van der Waals surface area contributed by atoms with Crippen molar-refractivity contribution in [1.29, 1.82) is 0 Å². The average Bonchev–Trinajstić information content (AvgIpc) is 3.19. The second-order valence-electron chi connectivity index (χ2n) is 10.8. The number of nitrogens with one attached hydrogen (secondary N) is 1. The van der Waals surface area contributed by atoms with Crippen molar-refractivity contribution in [2.45, 2.75) is 76.3 Å². The molecule has 1 aliphatic rings. The number of benzene rings is 2. The molecule has 1 N–H and O–H groups in total. The van der Waals surface area contributed by atoms with E-state index in [-0.39, 0.29) is 28.2 Å². The van der Waals surface area contributed by atoms with Crippen LogP contribution >= 0.6 is 0 Å². The minimum atomic E-state index is -4.37. The third-order valence-electron chi connectivity index (χ3n) is 7.30. The average molecular weight is 559 g/mol. The number of carbonyl (C=O) groups is 1. The van der Waals surface area contributed by atoms with Gasteiger partial charge in [-0.2, -0.15) is 3.97 Å². The van der Waals surface area contributed by atoms with Gasteiger partial charge >= 0.3 is 11.7 Å². The van der Waals surface area contributed by atoms with Crippen LogP contribution in [0, 0.1) is 0 Å². The van der Waals surface area contributed by atoms with E-state index >= 15 is 0 Å². The van der Waals surface area contributed by atoms with Gasteiger partial charge in [0.25, 0.3) is 10.0 Å². The van der Waals surface area contributed by atoms with Crippen molar-refractivity contribution in [2.75, 3.05) is 26.1 Å². The van der Waals surface area contributed by atoms with Crippen molar-refractivity contribution in [3.63, 3.8) is 0 Å². The van der Waals surface area contributed by atoms with Crippen LogP contribution in [-0.4, -0.2) is 54.2 Å². The maximum absolute atomic E-state index is 14.1. The lowest BCUT2D eigenvalue weighted by Gasteiger charge is -2.32. The number of hydrogen-bond donors (Lipinski definition) is 1. The number of ether oxygens (including phenoxy) is 2. The van der Waals surface area contributed by atoms with E-state index in [9.17, 15) is 18.0 Å². The molecule has 1 aromatic heterocycles. The van der Waals surface area contributed by atoms with Gasteiger partial charge in [0.2, 0.25) is 0 Å². The summed E-state index contributed by atoms with van der Waals surface area (Å²) in [5.41, 5.74) is 0.143. The van der Waals surface area contributed by atoms with Gasteiger partial charge in [0.05, 0.1) is 24.8 Å². The molecule has 0 saturated heterocycles. The fourth-order valence-corrected chi connectivity index (χ4v) is 6.46. The number of nitrogens with zero attached hydrogens (tertiary/aromatic N) is 3. The summed E-state index contributed by atoms with van der Waals surface area (Å²) >= 11 is 0. The molecule has 10 nitrogen and oxygen atoms in total. The summed E-state index contributed by atoms with van der Waals surface area (Å²) in [6, 6.07) is 8.86. The van der Waals surface area contributed by atoms with Crippen LogP contribution in [0.2, 0.25) is 0 Å². The fourth-order valence-electron chi connectivity index (χ4n) is 4.92. The van der Waals surface area contributed by atoms with Crippen molar-refractivity contribution in [3.8, 4) is 11.5 Å². The monoisotopic (exact) mass is 558 g/mol. The number of urea groups is 1. The van der Waals surface area contributed by atoms with E-state index in [1.54, 1.807) is 34.7 Å². The predicted molar refractivity (Wildman–Crippen MR) is 152 cm³/mol. The Morgan fingerprint density at radius 3 is 2.38 bits per heavy atom. The summed E-state index contributed by atoms with van der Waals surface area (Å²) in [6.07, 6.45) is 4.66. The van der Waals surface area contributed by atoms with Gasteiger partial charge in [-0.05, 0) is 64.8 Å². The number of amides is 2. The minimum Gasteiger partial charge on any atom is -0.495 e. The van der Waals surface area contributed by atoms with Crippen LogP contribution in [0.15, 0.2) is 46.1 Å². The van der Waals surface area contributed by atoms with Gasteiger partial charge in [0, 0.05) is 36.4 Å². The zero-order valence-electron chi connectivity index (χ0n) is 23.5. The highest BCUT2D eigenvalue weighted by Crippen LogP contribution is 2.34. The van der Waals surface area contributed by atoms with Crippen LogP contribution < -0.4 is 20.5 Å². The van der Waals surface area contributed by atoms with Gasteiger partial charge in [-0.25, -0.2) is 18.0 Å². The van der Waals surface area contributed by atoms with E-state index in [0.717, 1.165) is 36.1 Å². The molecule has 0 aliphatic heterocycles. The van der Waals surface area contributed by atoms with E-state index < -0.39 is 21.3 Å². The first-order valence-electron chi connectivity index (χ1n) is 13.3. The molecule has 1 fully saturated rings. The molecule has 212 valence electrons. The Balaban J connectivity index is 1.82. The molecule has 1 saturated carbocycles. The van der Waals surface area contributed by atoms with Crippen LogP contribution in [0.1, 0.15) is 65.8 Å². The summed E-state index contributed by atoms with van der Waals surface area (Å²) in [4.78, 5) is 27.9. The molecule has 3 aromatic rings. The summed E-state index contributed by atoms with van der Waals surface area (Å²) in [7, 11) is -1.34. The number of aromatic nitrogens is 2. The molecule has 4 rings (SSSR count). The Morgan fingerprint density at radius 1 is 1.08 bits per heavy atom. The number of imidazole rings is 1. The normalized spacial score (nSPS) is 14.8. The largest absolute Gasteiger partial charge is 0.495 e. The lowest BCUT2D eigenvalue weighted by Crippen LogP contribution is -2.44. The molecular weight excluding hydrogens is 520 g/mol. The molecule has 0 atom stereocenters. The number of rotatable bonds is 7. The molecule has 0 bridgehead atoms. The van der Waals surface area contributed by atoms with E-state index in [1.807, 2.05) is 27.7 Å². The first kappa shape index (κ1) is 28.5. The smallest absolute Gasteiger partial charge is 0.343 e. The van der Waals surface area contributed by atoms with E-state index in [1.165, 1.54) is 25.3 Å². The van der Waals surface area contributed by atoms with Crippen LogP contribution in [-0.2, 0) is 10.0 Å². The number of anilines is 1. The summed E-state index contributed by atoms with van der Waals surface area (Å²) < 4.78 is 41.7. The molecule has 39 heavy (non-hydrogen) atoms. The third kappa shape index (κ3) is 5.50. The number of fused-ring (bicyclic) bond motifs is 1. The number of methoxy groups -OCH3 is 1. The van der Waals surface area contributed by atoms with Gasteiger partial charge in [-0.1, -0.05) is 19.3 Å². The molecule has 1 heterocycles. The summed E-state index contributed by atoms with van der Waals surface area (Å²) in [5, 5.41) is 2.77. The maximum Gasteiger partial charge on any atom is 0.343 e. The van der Waals surface area contributed by atoms with Crippen molar-refractivity contribution in [2.24, 2.45) is 0 Å². The lowest BCUT2D eigenvalue weighted by molar-refractivity contribution is 0.178. The van der Waals surface area contributed by atoms with Gasteiger partial charge in [-0.3, -0.25) is 4.57 Å². The second kappa shape index (κ2) is 11.0. The highest BCUT2D eigenvalue weighted by molar-refractivity contribution is 7.90. The standard InChI is InChI=1S/C28H38N4O6S/c1-7-38-21-14-15-22-23(18-21)31(20-11-9-8-10-12-20)27(34)32(22)39(35,36)25-16-13-19(17-24(25)37-6)29-26(33)30(5)28(2,3)4/h13-18,20H,7-12H2,1-6H3,(H,29,33). The van der Waals surface area contributed by atoms with Crippen molar-refractivity contribution in [3.05, 3.63) is 46.9 Å². The predicted octanol–water partition coefficient (Wildman–Crippen LogP) is 5.21. The van der Waals surface area contributed by atoms with Crippen LogP contribution in [0.5, 0.6) is 11.5 Å². The Bertz CT molecular complexity index is 1530. The van der Waals surface area contributed by atoms with E-state index in [0.29, 0.717) is 23.6 Å². The Labute approximate surface area is 229 Å². The van der Waals surface area contributed by atoms with Gasteiger partial charge < -0.3 is 19.7 Å². The Kier molecular flexibility index (Phi) is 8.02. The third-order valence-corrected chi connectivity index (χ3v) is 9.03. The minimum absolute atomic E-state index is 0.0163. The number of carbonyl (C=O) groups excluding carboxylic acids is 1. The summed E-state index contributed by atoms with van der Waals surface area (Å²) in [5.74, 6) is 0.588. The molecule has 0 radical (unpaired) electrons. The molecule has 2 aromatic carbocycles. The van der Waals surface area contributed by atoms with Crippen molar-refractivity contribution >= 4 is 32.8 Å². The maximum atomic E-state index is 14.1. The molecular formula is C28H38N4O6S. The SMILES string of the molecule is CCOc1ccc2c(c1)n(C1CCCCC1)c(=O)n2S(=O)(=O)c1ccc(NC(=O)N(C)C(C)(C)C)cc1OC. The second-order valence-corrected chi connectivity index (χ2v) is 12.6. The van der Waals surface area contributed by atoms with Crippen LogP contribution in [0.25, 0.3) is 11.0 Å². The summed E-state index contributed by atoms with van der Waals surface area (Å²) in [6.45, 7) is 8.03. The fraction of sp³-hybridized carbons (Fsp3) is 0.500. The first-order valence-corrected chi connectivity index (χ1v) is 14.7. The highest BCUT2D eigenvalue weighted by Gasteiger charge is 2.31. The Morgan fingerprint density at radius 2 is 1.77 bits per heavy atom. The van der Waals surface area contributed by atoms with E-state index in [2.05, 4.69) is 5.32 Å². The van der Waals surface area contributed by atoms with Crippen LogP contribution in [0.4, 0.5) is 10.5 Å². The molecule has 0 spiro atoms. The molecule has 11 heteroatoms. The van der Waals surface area contributed by atoms with Gasteiger partial charge in [-0.15, -0.1) is 0 Å². The number of hydrogen-bond acceptors (Lipinski definition) is 6. The highest BCUT2D eigenvalue weighted by atomic mass is 32.2. The molecule has 0 unspecified atom stereocenters. The lowest BCUT2D eigenvalue weighted by atomic mass is 9.95. The molecule has 2 amide bonds. The van der Waals surface area contributed by atoms with E-state index in [4.69, 9.17) is 9.47 Å². The van der Waals surface area contributed by atoms with Crippen molar-refractivity contribution < 1.29 is 22.7 Å². The van der Waals surface area contributed by atoms with Gasteiger partial charge in [0.1, 0.15) is 16.4 Å². The zero-order chi connectivity index (χ0) is 28.5.